The molecule has 1 saturated carbocycles. The Labute approximate surface area is 96.4 Å². The molecule has 1 rings (SSSR count). The monoisotopic (exact) mass is 249 g/mol. The van der Waals surface area contributed by atoms with Crippen molar-refractivity contribution in [3.63, 3.8) is 0 Å². The average molecular weight is 249 g/mol. The second-order valence-electron chi connectivity index (χ2n) is 5.45. The summed E-state index contributed by atoms with van der Waals surface area (Å²) in [6.45, 7) is 8.01. The van der Waals surface area contributed by atoms with E-state index in [2.05, 4.69) is 5.32 Å². The van der Waals surface area contributed by atoms with E-state index in [0.29, 0.717) is 0 Å². The number of carbonyl (C=O) groups excluding carboxylic acids is 1. The fourth-order valence-electron chi connectivity index (χ4n) is 2.26. The first-order valence-electron chi connectivity index (χ1n) is 5.23. The van der Waals surface area contributed by atoms with Crippen molar-refractivity contribution in [1.82, 2.24) is 5.32 Å². The lowest BCUT2D eigenvalue weighted by molar-refractivity contribution is -0.123. The molecule has 5 nitrogen and oxygen atoms in total. The van der Waals surface area contributed by atoms with Gasteiger partial charge in [0.15, 0.2) is 0 Å². The molecule has 0 atom stereocenters. The third kappa shape index (κ3) is 2.38. The molecule has 1 aliphatic carbocycles. The molecule has 1 amide bonds. The Morgan fingerprint density at radius 3 is 2.00 bits per heavy atom. The van der Waals surface area contributed by atoms with Crippen LogP contribution in [0.1, 0.15) is 27.7 Å². The molecule has 0 spiro atoms. The quantitative estimate of drug-likeness (QED) is 0.717. The van der Waals surface area contributed by atoms with Crippen LogP contribution in [0, 0.1) is 16.7 Å². The average Bonchev–Trinajstić information content (AvgIpc) is 2.39. The summed E-state index contributed by atoms with van der Waals surface area (Å²) in [4.78, 5) is 11.7. The van der Waals surface area contributed by atoms with Crippen LogP contribution in [0.5, 0.6) is 0 Å². The fourth-order valence-corrected chi connectivity index (χ4v) is 2.62. The summed E-state index contributed by atoms with van der Waals surface area (Å²) in [5, 5.41) is 2.53. The van der Waals surface area contributed by atoms with Crippen LogP contribution in [0.4, 0.5) is 0 Å². The summed E-state index contributed by atoms with van der Waals surface area (Å²) in [6, 6.07) is 0. The maximum atomic E-state index is 11.7. The van der Waals surface area contributed by atoms with Gasteiger partial charge in [-0.2, -0.15) is 8.42 Å². The van der Waals surface area contributed by atoms with Crippen molar-refractivity contribution in [3.8, 4) is 0 Å². The smallest absolute Gasteiger partial charge is 0.266 e. The van der Waals surface area contributed by atoms with Gasteiger partial charge in [-0.15, -0.1) is 0 Å². The Balaban J connectivity index is 2.45. The van der Waals surface area contributed by atoms with Gasteiger partial charge in [0.1, 0.15) is 0 Å². The Bertz CT molecular complexity index is 383. The Hall–Kier alpha value is -0.620. The lowest BCUT2D eigenvalue weighted by Crippen LogP contribution is -2.31. The second-order valence-corrected chi connectivity index (χ2v) is 7.03. The van der Waals surface area contributed by atoms with E-state index in [1.165, 1.54) is 0 Å². The van der Waals surface area contributed by atoms with Gasteiger partial charge in [-0.1, -0.05) is 27.7 Å². The molecule has 0 aliphatic heterocycles. The number of nitrogens with one attached hydrogen (secondary N) is 1. The van der Waals surface area contributed by atoms with E-state index in [1.54, 1.807) is 0 Å². The molecule has 2 N–H and O–H groups in total. The van der Waals surface area contributed by atoms with Crippen LogP contribution in [-0.4, -0.2) is 31.2 Å². The van der Waals surface area contributed by atoms with Crippen molar-refractivity contribution in [3.05, 3.63) is 0 Å². The van der Waals surface area contributed by atoms with Gasteiger partial charge in [0.2, 0.25) is 5.91 Å². The zero-order valence-electron chi connectivity index (χ0n) is 10.1. The molecule has 16 heavy (non-hydrogen) atoms. The maximum Gasteiger partial charge on any atom is 0.266 e. The molecular weight excluding hydrogens is 230 g/mol. The maximum absolute atomic E-state index is 11.7. The Morgan fingerprint density at radius 1 is 1.25 bits per heavy atom. The zero-order chi connectivity index (χ0) is 12.8. The summed E-state index contributed by atoms with van der Waals surface area (Å²) in [5.41, 5.74) is -0.121. The third-order valence-corrected chi connectivity index (χ3v) is 4.66. The van der Waals surface area contributed by atoms with Gasteiger partial charge in [-0.3, -0.25) is 9.35 Å². The van der Waals surface area contributed by atoms with Crippen LogP contribution in [0.2, 0.25) is 0 Å². The van der Waals surface area contributed by atoms with Crippen LogP contribution in [-0.2, 0) is 14.9 Å². The minimum Gasteiger partial charge on any atom is -0.355 e. The number of carbonyl (C=O) groups is 1. The molecule has 0 bridgehead atoms. The van der Waals surface area contributed by atoms with Gasteiger partial charge in [0, 0.05) is 12.5 Å². The van der Waals surface area contributed by atoms with E-state index in [4.69, 9.17) is 4.55 Å². The lowest BCUT2D eigenvalue weighted by atomic mass is 10.0. The normalized spacial score (nSPS) is 22.8. The SMILES string of the molecule is CC1(C)C(C(=O)NCCS(=O)(=O)O)C1(C)C. The van der Waals surface area contributed by atoms with E-state index in [1.807, 2.05) is 27.7 Å². The number of hydrogen-bond donors (Lipinski definition) is 2. The number of amides is 1. The predicted molar refractivity (Wildman–Crippen MR) is 60.5 cm³/mol. The minimum atomic E-state index is -4.00. The Morgan fingerprint density at radius 2 is 1.69 bits per heavy atom. The molecule has 0 unspecified atom stereocenters. The fraction of sp³-hybridized carbons (Fsp3) is 0.900. The highest BCUT2D eigenvalue weighted by atomic mass is 32.2. The molecule has 0 saturated heterocycles. The number of rotatable bonds is 4. The summed E-state index contributed by atoms with van der Waals surface area (Å²) in [6.07, 6.45) is 0. The highest BCUT2D eigenvalue weighted by Gasteiger charge is 2.68. The minimum absolute atomic E-state index is 0.0413. The summed E-state index contributed by atoms with van der Waals surface area (Å²) >= 11 is 0. The third-order valence-electron chi connectivity index (χ3n) is 3.94. The van der Waals surface area contributed by atoms with Crippen molar-refractivity contribution in [1.29, 1.82) is 0 Å². The summed E-state index contributed by atoms with van der Waals surface area (Å²) in [5.74, 6) is -0.674. The first kappa shape index (κ1) is 13.4. The van der Waals surface area contributed by atoms with Crippen LogP contribution in [0.3, 0.4) is 0 Å². The van der Waals surface area contributed by atoms with E-state index in [9.17, 15) is 13.2 Å². The van der Waals surface area contributed by atoms with Crippen molar-refractivity contribution in [2.24, 2.45) is 16.7 Å². The van der Waals surface area contributed by atoms with Crippen molar-refractivity contribution >= 4 is 16.0 Å². The van der Waals surface area contributed by atoms with Crippen LogP contribution in [0.25, 0.3) is 0 Å². The predicted octanol–water partition coefficient (Wildman–Crippen LogP) is 0.673. The molecule has 6 heteroatoms. The van der Waals surface area contributed by atoms with Gasteiger partial charge in [-0.25, -0.2) is 0 Å². The molecule has 0 aromatic heterocycles. The van der Waals surface area contributed by atoms with Gasteiger partial charge >= 0.3 is 0 Å². The van der Waals surface area contributed by atoms with E-state index in [-0.39, 0.29) is 29.2 Å². The standard InChI is InChI=1S/C10H19NO4S/c1-9(2)7(10(9,3)4)8(12)11-5-6-16(13,14)15/h7H,5-6H2,1-4H3,(H,11,12)(H,13,14,15). The Kier molecular flexibility index (Phi) is 3.11. The lowest BCUT2D eigenvalue weighted by Gasteiger charge is -2.04. The molecular formula is C10H19NO4S. The molecule has 1 fully saturated rings. The topological polar surface area (TPSA) is 83.5 Å². The van der Waals surface area contributed by atoms with Gasteiger partial charge in [0.05, 0.1) is 5.75 Å². The van der Waals surface area contributed by atoms with Crippen molar-refractivity contribution < 1.29 is 17.8 Å². The van der Waals surface area contributed by atoms with Crippen molar-refractivity contribution in [2.75, 3.05) is 12.3 Å². The van der Waals surface area contributed by atoms with Gasteiger partial charge < -0.3 is 5.32 Å². The molecule has 94 valence electrons. The van der Waals surface area contributed by atoms with Crippen LogP contribution >= 0.6 is 0 Å². The van der Waals surface area contributed by atoms with Gasteiger partial charge in [-0.05, 0) is 10.8 Å². The summed E-state index contributed by atoms with van der Waals surface area (Å²) in [7, 11) is -4.00. The highest BCUT2D eigenvalue weighted by molar-refractivity contribution is 7.85. The van der Waals surface area contributed by atoms with E-state index in [0.717, 1.165) is 0 Å². The molecule has 0 aromatic carbocycles. The largest absolute Gasteiger partial charge is 0.355 e. The van der Waals surface area contributed by atoms with E-state index < -0.39 is 15.9 Å². The summed E-state index contributed by atoms with van der Waals surface area (Å²) < 4.78 is 29.4. The molecule has 0 radical (unpaired) electrons. The first-order valence-corrected chi connectivity index (χ1v) is 6.84. The van der Waals surface area contributed by atoms with Crippen molar-refractivity contribution in [2.45, 2.75) is 27.7 Å². The van der Waals surface area contributed by atoms with Gasteiger partial charge in [0.25, 0.3) is 10.1 Å². The van der Waals surface area contributed by atoms with E-state index >= 15 is 0 Å². The molecule has 0 heterocycles. The zero-order valence-corrected chi connectivity index (χ0v) is 10.9. The molecule has 0 aromatic rings. The first-order chi connectivity index (χ1) is 7.00. The molecule has 1 aliphatic rings. The van der Waals surface area contributed by atoms with Crippen LogP contribution in [0.15, 0.2) is 0 Å². The highest BCUT2D eigenvalue weighted by Crippen LogP contribution is 2.68. The van der Waals surface area contributed by atoms with Crippen LogP contribution < -0.4 is 5.32 Å². The number of hydrogen-bond acceptors (Lipinski definition) is 3. The second kappa shape index (κ2) is 3.70.